The number of nitrogens with zero attached hydrogens (tertiary/aromatic N) is 2. The number of hydrazine groups is 1. The van der Waals surface area contributed by atoms with Gasteiger partial charge in [-0.15, -0.1) is 5.10 Å². The van der Waals surface area contributed by atoms with E-state index in [1.165, 1.54) is 11.5 Å². The van der Waals surface area contributed by atoms with Crippen molar-refractivity contribution in [2.75, 3.05) is 0 Å². The fourth-order valence-electron chi connectivity index (χ4n) is 1.98. The molecule has 2 rings (SSSR count). The Kier molecular flexibility index (Phi) is 5.51. The molecule has 1 aromatic carbocycles. The first-order valence-corrected chi connectivity index (χ1v) is 8.19. The van der Waals surface area contributed by atoms with Crippen molar-refractivity contribution < 1.29 is 0 Å². The summed E-state index contributed by atoms with van der Waals surface area (Å²) in [5.41, 5.74) is 4.88. The normalized spacial score (nSPS) is 12.9. The highest BCUT2D eigenvalue weighted by molar-refractivity contribution is 9.10. The average molecular weight is 376 g/mol. The fourth-order valence-corrected chi connectivity index (χ4v) is 3.60. The van der Waals surface area contributed by atoms with Crippen LogP contribution in [0.5, 0.6) is 0 Å². The van der Waals surface area contributed by atoms with Gasteiger partial charge in [-0.05, 0) is 41.6 Å². The van der Waals surface area contributed by atoms with Crippen LogP contribution >= 0.6 is 39.1 Å². The predicted octanol–water partition coefficient (Wildman–Crippen LogP) is 3.82. The van der Waals surface area contributed by atoms with Gasteiger partial charge in [-0.25, -0.2) is 0 Å². The Hall–Kier alpha value is -0.530. The van der Waals surface area contributed by atoms with Crippen LogP contribution in [0.15, 0.2) is 22.7 Å². The maximum Gasteiger partial charge on any atom is 0.0829 e. The number of halogens is 2. The Morgan fingerprint density at radius 2 is 2.20 bits per heavy atom. The summed E-state index contributed by atoms with van der Waals surface area (Å²) in [7, 11) is 0. The van der Waals surface area contributed by atoms with Crippen LogP contribution in [0.2, 0.25) is 5.02 Å². The molecule has 1 heterocycles. The molecule has 0 saturated heterocycles. The SMILES string of the molecule is CC(C)c1nnsc1C(Cc1ccc(Br)cc1Cl)NN. The molecule has 0 aliphatic rings. The molecule has 4 nitrogen and oxygen atoms in total. The predicted molar refractivity (Wildman–Crippen MR) is 86.9 cm³/mol. The van der Waals surface area contributed by atoms with Gasteiger partial charge in [0.1, 0.15) is 0 Å². The second kappa shape index (κ2) is 6.95. The van der Waals surface area contributed by atoms with E-state index in [0.717, 1.165) is 25.6 Å². The lowest BCUT2D eigenvalue weighted by atomic mass is 10.0. The molecule has 3 N–H and O–H groups in total. The average Bonchev–Trinajstić information content (AvgIpc) is 2.87. The van der Waals surface area contributed by atoms with Crippen molar-refractivity contribution in [3.05, 3.63) is 43.8 Å². The second-order valence-corrected chi connectivity index (χ2v) is 6.94. The van der Waals surface area contributed by atoms with Crippen molar-refractivity contribution in [1.29, 1.82) is 0 Å². The summed E-state index contributed by atoms with van der Waals surface area (Å²) >= 11 is 11.1. The van der Waals surface area contributed by atoms with E-state index < -0.39 is 0 Å². The van der Waals surface area contributed by atoms with E-state index in [-0.39, 0.29) is 6.04 Å². The topological polar surface area (TPSA) is 63.8 Å². The molecule has 0 bridgehead atoms. The van der Waals surface area contributed by atoms with E-state index in [0.29, 0.717) is 12.3 Å². The highest BCUT2D eigenvalue weighted by atomic mass is 79.9. The molecule has 7 heteroatoms. The summed E-state index contributed by atoms with van der Waals surface area (Å²) in [6.07, 6.45) is 0.701. The molecule has 1 atom stereocenters. The molecule has 0 amide bonds. The molecule has 1 unspecified atom stereocenters. The summed E-state index contributed by atoms with van der Waals surface area (Å²) < 4.78 is 5.01. The minimum atomic E-state index is -0.0360. The minimum absolute atomic E-state index is 0.0360. The molecule has 0 aliphatic heterocycles. The van der Waals surface area contributed by atoms with Crippen LogP contribution in [0.25, 0.3) is 0 Å². The zero-order valence-corrected chi connectivity index (χ0v) is 14.4. The van der Waals surface area contributed by atoms with Crippen LogP contribution < -0.4 is 11.3 Å². The number of hydrogen-bond acceptors (Lipinski definition) is 5. The van der Waals surface area contributed by atoms with Gasteiger partial charge in [-0.1, -0.05) is 51.9 Å². The number of nitrogens with two attached hydrogens (primary N) is 1. The maximum atomic E-state index is 6.27. The zero-order chi connectivity index (χ0) is 14.7. The van der Waals surface area contributed by atoms with Gasteiger partial charge in [-0.2, -0.15) is 0 Å². The van der Waals surface area contributed by atoms with Crippen LogP contribution in [-0.4, -0.2) is 9.59 Å². The summed E-state index contributed by atoms with van der Waals surface area (Å²) in [5.74, 6) is 6.03. The third-order valence-electron chi connectivity index (χ3n) is 3.04. The molecule has 20 heavy (non-hydrogen) atoms. The molecular weight excluding hydrogens is 360 g/mol. The molecule has 108 valence electrons. The lowest BCUT2D eigenvalue weighted by molar-refractivity contribution is 0.551. The van der Waals surface area contributed by atoms with Crippen LogP contribution in [0.1, 0.15) is 41.9 Å². The third kappa shape index (κ3) is 3.56. The lowest BCUT2D eigenvalue weighted by Gasteiger charge is -2.17. The molecule has 1 aromatic heterocycles. The van der Waals surface area contributed by atoms with Gasteiger partial charge in [0.15, 0.2) is 0 Å². The van der Waals surface area contributed by atoms with Gasteiger partial charge in [-0.3, -0.25) is 11.3 Å². The largest absolute Gasteiger partial charge is 0.271 e. The van der Waals surface area contributed by atoms with Gasteiger partial charge in [0, 0.05) is 9.50 Å². The van der Waals surface area contributed by atoms with Gasteiger partial charge in [0.05, 0.1) is 16.6 Å². The fraction of sp³-hybridized carbons (Fsp3) is 0.385. The molecule has 0 fully saturated rings. The van der Waals surface area contributed by atoms with Gasteiger partial charge >= 0.3 is 0 Å². The van der Waals surface area contributed by atoms with E-state index in [1.54, 1.807) is 0 Å². The number of rotatable bonds is 5. The van der Waals surface area contributed by atoms with E-state index in [9.17, 15) is 0 Å². The maximum absolute atomic E-state index is 6.27. The van der Waals surface area contributed by atoms with E-state index in [1.807, 2.05) is 18.2 Å². The van der Waals surface area contributed by atoms with Gasteiger partial charge in [0.2, 0.25) is 0 Å². The van der Waals surface area contributed by atoms with Gasteiger partial charge in [0.25, 0.3) is 0 Å². The summed E-state index contributed by atoms with van der Waals surface area (Å²) in [6, 6.07) is 5.83. The Bertz CT molecular complexity index is 588. The molecule has 0 radical (unpaired) electrons. The third-order valence-corrected chi connectivity index (χ3v) is 4.74. The van der Waals surface area contributed by atoms with Gasteiger partial charge < -0.3 is 0 Å². The van der Waals surface area contributed by atoms with Crippen molar-refractivity contribution >= 4 is 39.1 Å². The molecule has 0 saturated carbocycles. The Labute approximate surface area is 136 Å². The first kappa shape index (κ1) is 15.9. The second-order valence-electron chi connectivity index (χ2n) is 4.84. The molecule has 0 spiro atoms. The van der Waals surface area contributed by atoms with Crippen molar-refractivity contribution in [3.63, 3.8) is 0 Å². The lowest BCUT2D eigenvalue weighted by Crippen LogP contribution is -2.29. The van der Waals surface area contributed by atoms with Crippen molar-refractivity contribution in [3.8, 4) is 0 Å². The number of aromatic nitrogens is 2. The van der Waals surface area contributed by atoms with Crippen LogP contribution in [0, 0.1) is 0 Å². The van der Waals surface area contributed by atoms with Crippen LogP contribution in [0.3, 0.4) is 0 Å². The Balaban J connectivity index is 2.26. The highest BCUT2D eigenvalue weighted by Gasteiger charge is 2.21. The standard InChI is InChI=1S/C13H16BrClN4S/c1-7(2)12-13(20-19-18-12)11(17-16)5-8-3-4-9(14)6-10(8)15/h3-4,6-7,11,17H,5,16H2,1-2H3. The summed E-state index contributed by atoms with van der Waals surface area (Å²) in [5, 5.41) is 4.92. The van der Waals surface area contributed by atoms with E-state index >= 15 is 0 Å². The van der Waals surface area contributed by atoms with E-state index in [4.69, 9.17) is 17.4 Å². The van der Waals surface area contributed by atoms with E-state index in [2.05, 4.69) is 44.8 Å². The molecular formula is C13H16BrClN4S. The molecule has 0 aliphatic carbocycles. The smallest absolute Gasteiger partial charge is 0.0829 e. The van der Waals surface area contributed by atoms with Crippen LogP contribution in [-0.2, 0) is 6.42 Å². The van der Waals surface area contributed by atoms with Crippen molar-refractivity contribution in [2.45, 2.75) is 32.2 Å². The Morgan fingerprint density at radius 1 is 1.45 bits per heavy atom. The zero-order valence-electron chi connectivity index (χ0n) is 11.2. The minimum Gasteiger partial charge on any atom is -0.271 e. The summed E-state index contributed by atoms with van der Waals surface area (Å²) in [6.45, 7) is 4.20. The number of nitrogens with one attached hydrogen (secondary N) is 1. The summed E-state index contributed by atoms with van der Waals surface area (Å²) in [4.78, 5) is 1.07. The van der Waals surface area contributed by atoms with Crippen molar-refractivity contribution in [2.24, 2.45) is 5.84 Å². The first-order valence-electron chi connectivity index (χ1n) is 6.25. The molecule has 2 aromatic rings. The van der Waals surface area contributed by atoms with Crippen LogP contribution in [0.4, 0.5) is 0 Å². The monoisotopic (exact) mass is 374 g/mol. The van der Waals surface area contributed by atoms with Crippen molar-refractivity contribution in [1.82, 2.24) is 15.0 Å². The Morgan fingerprint density at radius 3 is 2.80 bits per heavy atom. The quantitative estimate of drug-likeness (QED) is 0.616. The highest BCUT2D eigenvalue weighted by Crippen LogP contribution is 2.30. The number of hydrogen-bond donors (Lipinski definition) is 2. The first-order chi connectivity index (χ1) is 9.52. The number of benzene rings is 1.